The molecule has 2 heteroatoms. The lowest BCUT2D eigenvalue weighted by atomic mass is 9.81. The van der Waals surface area contributed by atoms with E-state index in [1.54, 1.807) is 0 Å². The van der Waals surface area contributed by atoms with E-state index in [1.807, 2.05) is 0 Å². The first-order valence-electron chi connectivity index (χ1n) is 6.58. The summed E-state index contributed by atoms with van der Waals surface area (Å²) in [6.45, 7) is 9.95. The second kappa shape index (κ2) is 5.86. The van der Waals surface area contributed by atoms with E-state index in [0.29, 0.717) is 5.92 Å². The molecule has 0 radical (unpaired) electrons. The van der Waals surface area contributed by atoms with Crippen LogP contribution < -0.4 is 0 Å². The van der Waals surface area contributed by atoms with Gasteiger partial charge in [0.25, 0.3) is 0 Å². The molecule has 0 unspecified atom stereocenters. The highest BCUT2D eigenvalue weighted by molar-refractivity contribution is 4.87. The third kappa shape index (κ3) is 3.76. The summed E-state index contributed by atoms with van der Waals surface area (Å²) in [6.07, 6.45) is 5.36. The lowest BCUT2D eigenvalue weighted by Crippen LogP contribution is -2.45. The molecule has 15 heavy (non-hydrogen) atoms. The molecular weight excluding hydrogens is 186 g/mol. The SMILES string of the molecule is CCC(CC)CC1(O)CCN(CC)CC1. The van der Waals surface area contributed by atoms with Crippen LogP contribution in [0, 0.1) is 5.92 Å². The molecule has 1 rings (SSSR count). The van der Waals surface area contributed by atoms with Gasteiger partial charge in [-0.2, -0.15) is 0 Å². The first-order valence-corrected chi connectivity index (χ1v) is 6.58. The van der Waals surface area contributed by atoms with Crippen LogP contribution in [0.2, 0.25) is 0 Å². The van der Waals surface area contributed by atoms with Crippen LogP contribution >= 0.6 is 0 Å². The number of hydrogen-bond acceptors (Lipinski definition) is 2. The Balaban J connectivity index is 2.40. The molecule has 1 saturated heterocycles. The summed E-state index contributed by atoms with van der Waals surface area (Å²) in [5.74, 6) is 0.711. The topological polar surface area (TPSA) is 23.5 Å². The second-order valence-corrected chi connectivity index (χ2v) is 5.05. The maximum Gasteiger partial charge on any atom is 0.0674 e. The summed E-state index contributed by atoms with van der Waals surface area (Å²) < 4.78 is 0. The number of likely N-dealkylation sites (tertiary alicyclic amines) is 1. The fourth-order valence-electron chi connectivity index (χ4n) is 2.60. The average Bonchev–Trinajstić information content (AvgIpc) is 2.27. The maximum atomic E-state index is 10.5. The summed E-state index contributed by atoms with van der Waals surface area (Å²) in [5, 5.41) is 10.5. The summed E-state index contributed by atoms with van der Waals surface area (Å²) >= 11 is 0. The Morgan fingerprint density at radius 3 is 2.07 bits per heavy atom. The number of aliphatic hydroxyl groups is 1. The van der Waals surface area contributed by atoms with Crippen LogP contribution in [0.5, 0.6) is 0 Å². The zero-order chi connectivity index (χ0) is 11.3. The molecular formula is C13H27NO. The Morgan fingerprint density at radius 2 is 1.67 bits per heavy atom. The fourth-order valence-corrected chi connectivity index (χ4v) is 2.60. The third-order valence-corrected chi connectivity index (χ3v) is 4.06. The Bertz CT molecular complexity index is 169. The van der Waals surface area contributed by atoms with Gasteiger partial charge in [0.1, 0.15) is 0 Å². The molecule has 1 fully saturated rings. The molecule has 1 N–H and O–H groups in total. The number of hydrogen-bond donors (Lipinski definition) is 1. The van der Waals surface area contributed by atoms with Crippen LogP contribution in [0.3, 0.4) is 0 Å². The molecule has 0 aromatic heterocycles. The van der Waals surface area contributed by atoms with E-state index in [-0.39, 0.29) is 5.60 Å². The standard InChI is InChI=1S/C13H27NO/c1-4-12(5-2)11-13(15)7-9-14(6-3)10-8-13/h12,15H,4-11H2,1-3H3. The van der Waals surface area contributed by atoms with Crippen molar-refractivity contribution < 1.29 is 5.11 Å². The fraction of sp³-hybridized carbons (Fsp3) is 1.00. The molecule has 1 heterocycles. The molecule has 2 nitrogen and oxygen atoms in total. The summed E-state index contributed by atoms with van der Waals surface area (Å²) in [7, 11) is 0. The molecule has 0 amide bonds. The zero-order valence-corrected chi connectivity index (χ0v) is 10.6. The van der Waals surface area contributed by atoms with Gasteiger partial charge in [-0.25, -0.2) is 0 Å². The minimum atomic E-state index is -0.359. The van der Waals surface area contributed by atoms with Crippen molar-refractivity contribution in [1.29, 1.82) is 0 Å². The van der Waals surface area contributed by atoms with Gasteiger partial charge in [0.05, 0.1) is 5.60 Å². The van der Waals surface area contributed by atoms with E-state index < -0.39 is 0 Å². The van der Waals surface area contributed by atoms with Crippen molar-refractivity contribution in [2.75, 3.05) is 19.6 Å². The van der Waals surface area contributed by atoms with Crippen molar-refractivity contribution in [1.82, 2.24) is 4.90 Å². The Hall–Kier alpha value is -0.0800. The first-order chi connectivity index (χ1) is 7.13. The van der Waals surface area contributed by atoms with Crippen molar-refractivity contribution in [2.24, 2.45) is 5.92 Å². The minimum Gasteiger partial charge on any atom is -0.390 e. The lowest BCUT2D eigenvalue weighted by Gasteiger charge is -2.39. The van der Waals surface area contributed by atoms with E-state index in [9.17, 15) is 5.11 Å². The summed E-state index contributed by atoms with van der Waals surface area (Å²) in [6, 6.07) is 0. The largest absolute Gasteiger partial charge is 0.390 e. The van der Waals surface area contributed by atoms with Crippen LogP contribution in [0.25, 0.3) is 0 Å². The van der Waals surface area contributed by atoms with Gasteiger partial charge in [-0.05, 0) is 31.7 Å². The Labute approximate surface area is 94.7 Å². The number of rotatable bonds is 5. The molecule has 0 aromatic carbocycles. The predicted molar refractivity (Wildman–Crippen MR) is 65.0 cm³/mol. The Morgan fingerprint density at radius 1 is 1.13 bits per heavy atom. The van der Waals surface area contributed by atoms with Gasteiger partial charge >= 0.3 is 0 Å². The third-order valence-electron chi connectivity index (χ3n) is 4.06. The first kappa shape index (κ1) is 13.0. The maximum absolute atomic E-state index is 10.5. The van der Waals surface area contributed by atoms with Gasteiger partial charge in [0.15, 0.2) is 0 Å². The minimum absolute atomic E-state index is 0.359. The highest BCUT2D eigenvalue weighted by atomic mass is 16.3. The Kier molecular flexibility index (Phi) is 5.07. The predicted octanol–water partition coefficient (Wildman–Crippen LogP) is 2.66. The normalized spacial score (nSPS) is 22.2. The zero-order valence-electron chi connectivity index (χ0n) is 10.6. The molecule has 0 atom stereocenters. The van der Waals surface area contributed by atoms with E-state index in [0.717, 1.165) is 38.9 Å². The highest BCUT2D eigenvalue weighted by Gasteiger charge is 2.33. The summed E-state index contributed by atoms with van der Waals surface area (Å²) in [4.78, 5) is 2.43. The molecule has 1 aliphatic rings. The monoisotopic (exact) mass is 213 g/mol. The molecule has 0 aliphatic carbocycles. The van der Waals surface area contributed by atoms with Crippen molar-refractivity contribution in [3.63, 3.8) is 0 Å². The van der Waals surface area contributed by atoms with E-state index >= 15 is 0 Å². The van der Waals surface area contributed by atoms with Gasteiger partial charge in [0.2, 0.25) is 0 Å². The van der Waals surface area contributed by atoms with E-state index in [4.69, 9.17) is 0 Å². The average molecular weight is 213 g/mol. The number of piperidine rings is 1. The quantitative estimate of drug-likeness (QED) is 0.759. The molecule has 0 aromatic rings. The van der Waals surface area contributed by atoms with Gasteiger partial charge < -0.3 is 10.0 Å². The van der Waals surface area contributed by atoms with E-state index in [1.165, 1.54) is 12.8 Å². The van der Waals surface area contributed by atoms with Crippen molar-refractivity contribution in [3.05, 3.63) is 0 Å². The molecule has 0 spiro atoms. The van der Waals surface area contributed by atoms with Crippen LogP contribution in [-0.4, -0.2) is 35.2 Å². The summed E-state index contributed by atoms with van der Waals surface area (Å²) in [5.41, 5.74) is -0.359. The smallest absolute Gasteiger partial charge is 0.0674 e. The van der Waals surface area contributed by atoms with Crippen LogP contribution in [0.15, 0.2) is 0 Å². The molecule has 0 saturated carbocycles. The van der Waals surface area contributed by atoms with Gasteiger partial charge in [0, 0.05) is 13.1 Å². The van der Waals surface area contributed by atoms with Gasteiger partial charge in [-0.3, -0.25) is 0 Å². The van der Waals surface area contributed by atoms with Crippen molar-refractivity contribution in [2.45, 2.75) is 58.5 Å². The van der Waals surface area contributed by atoms with Crippen LogP contribution in [-0.2, 0) is 0 Å². The van der Waals surface area contributed by atoms with Crippen molar-refractivity contribution in [3.8, 4) is 0 Å². The lowest BCUT2D eigenvalue weighted by molar-refractivity contribution is -0.0387. The van der Waals surface area contributed by atoms with Crippen molar-refractivity contribution >= 4 is 0 Å². The molecule has 0 bridgehead atoms. The molecule has 90 valence electrons. The van der Waals surface area contributed by atoms with Crippen LogP contribution in [0.1, 0.15) is 52.9 Å². The highest BCUT2D eigenvalue weighted by Crippen LogP contribution is 2.31. The molecule has 1 aliphatic heterocycles. The van der Waals surface area contributed by atoms with E-state index in [2.05, 4.69) is 25.7 Å². The second-order valence-electron chi connectivity index (χ2n) is 5.05. The van der Waals surface area contributed by atoms with Gasteiger partial charge in [-0.15, -0.1) is 0 Å². The van der Waals surface area contributed by atoms with Gasteiger partial charge in [-0.1, -0.05) is 33.6 Å². The number of nitrogens with zero attached hydrogens (tertiary/aromatic N) is 1. The van der Waals surface area contributed by atoms with Crippen LogP contribution in [0.4, 0.5) is 0 Å².